The van der Waals surface area contributed by atoms with E-state index in [4.69, 9.17) is 0 Å². The summed E-state index contributed by atoms with van der Waals surface area (Å²) in [6.45, 7) is 4.38. The maximum atomic E-state index is 12.3. The first kappa shape index (κ1) is 18.4. The zero-order valence-electron chi connectivity index (χ0n) is 14.3. The Morgan fingerprint density at radius 3 is 3.08 bits per heavy atom. The second-order valence-electron chi connectivity index (χ2n) is 5.40. The summed E-state index contributed by atoms with van der Waals surface area (Å²) in [5.41, 5.74) is 1.98. The van der Waals surface area contributed by atoms with Crippen LogP contribution in [0.3, 0.4) is 0 Å². The fourth-order valence-corrected chi connectivity index (χ4v) is 3.58. The van der Waals surface area contributed by atoms with Crippen molar-refractivity contribution in [2.24, 2.45) is 0 Å². The van der Waals surface area contributed by atoms with E-state index < -0.39 is 0 Å². The number of amides is 1. The van der Waals surface area contributed by atoms with Crippen LogP contribution >= 0.6 is 23.5 Å². The number of H-pyrrole nitrogens is 1. The van der Waals surface area contributed by atoms with Crippen molar-refractivity contribution < 1.29 is 4.79 Å². The first-order valence-corrected chi connectivity index (χ1v) is 9.78. The number of carbonyl (C=O) groups excluding carboxylic acids is 1. The van der Waals surface area contributed by atoms with Crippen molar-refractivity contribution in [2.75, 3.05) is 12.3 Å². The van der Waals surface area contributed by atoms with Gasteiger partial charge < -0.3 is 5.32 Å². The molecule has 11 heteroatoms. The highest BCUT2D eigenvalue weighted by molar-refractivity contribution is 8.00. The van der Waals surface area contributed by atoms with Gasteiger partial charge in [-0.15, -0.1) is 5.10 Å². The predicted octanol–water partition coefficient (Wildman–Crippen LogP) is 1.48. The third-order valence-corrected chi connectivity index (χ3v) is 5.28. The summed E-state index contributed by atoms with van der Waals surface area (Å²) in [4.78, 5) is 16.3. The lowest BCUT2D eigenvalue weighted by Gasteiger charge is -2.11. The molecule has 0 aliphatic heterocycles. The Morgan fingerprint density at radius 2 is 2.31 bits per heavy atom. The minimum absolute atomic E-state index is 0.0630. The van der Waals surface area contributed by atoms with E-state index in [0.717, 1.165) is 16.4 Å². The van der Waals surface area contributed by atoms with E-state index in [1.165, 1.54) is 29.9 Å². The molecule has 0 aliphatic rings. The molecule has 1 aromatic carbocycles. The fraction of sp³-hybridized carbons (Fsp3) is 0.333. The van der Waals surface area contributed by atoms with E-state index in [9.17, 15) is 4.79 Å². The lowest BCUT2D eigenvalue weighted by molar-refractivity contribution is -0.120. The Labute approximate surface area is 158 Å². The SMILES string of the molecule is Cc1cccc(-n2nnnc2SC(C)C(=O)NCCSc2ncn[nH]2)c1. The summed E-state index contributed by atoms with van der Waals surface area (Å²) in [5, 5.41) is 22.2. The minimum atomic E-state index is -0.320. The number of rotatable bonds is 8. The number of nitrogens with zero attached hydrogens (tertiary/aromatic N) is 6. The zero-order chi connectivity index (χ0) is 18.4. The van der Waals surface area contributed by atoms with E-state index in [-0.39, 0.29) is 11.2 Å². The number of aryl methyl sites for hydroxylation is 1. The number of benzene rings is 1. The summed E-state index contributed by atoms with van der Waals surface area (Å²) < 4.78 is 1.64. The highest BCUT2D eigenvalue weighted by atomic mass is 32.2. The number of tetrazole rings is 1. The Hall–Kier alpha value is -2.40. The van der Waals surface area contributed by atoms with Crippen LogP contribution in [0.4, 0.5) is 0 Å². The molecule has 3 aromatic rings. The molecule has 1 atom stereocenters. The quantitative estimate of drug-likeness (QED) is 0.439. The van der Waals surface area contributed by atoms with Gasteiger partial charge >= 0.3 is 0 Å². The molecule has 2 N–H and O–H groups in total. The molecule has 1 amide bonds. The maximum Gasteiger partial charge on any atom is 0.233 e. The highest BCUT2D eigenvalue weighted by Gasteiger charge is 2.19. The van der Waals surface area contributed by atoms with Gasteiger partial charge in [0, 0.05) is 12.3 Å². The average Bonchev–Trinajstić information content (AvgIpc) is 3.30. The number of nitrogens with one attached hydrogen (secondary N) is 2. The third kappa shape index (κ3) is 4.82. The molecule has 3 rings (SSSR count). The molecule has 1 unspecified atom stereocenters. The van der Waals surface area contributed by atoms with Crippen molar-refractivity contribution in [2.45, 2.75) is 29.4 Å². The van der Waals surface area contributed by atoms with Crippen molar-refractivity contribution in [3.63, 3.8) is 0 Å². The standard InChI is InChI=1S/C15H18N8OS2/c1-10-4-3-5-12(8-10)23-15(20-21-22-23)26-11(2)13(24)16-6-7-25-14-17-9-18-19-14/h3-5,8-9,11H,6-7H2,1-2H3,(H,16,24)(H,17,18,19). The van der Waals surface area contributed by atoms with Gasteiger partial charge in [-0.3, -0.25) is 9.89 Å². The molecule has 2 heterocycles. The number of hydrogen-bond donors (Lipinski definition) is 2. The normalized spacial score (nSPS) is 12.1. The number of hydrogen-bond acceptors (Lipinski definition) is 8. The van der Waals surface area contributed by atoms with Crippen molar-refractivity contribution in [3.8, 4) is 5.69 Å². The van der Waals surface area contributed by atoms with Gasteiger partial charge in [-0.1, -0.05) is 35.7 Å². The molecular formula is C15H18N8OS2. The lowest BCUT2D eigenvalue weighted by atomic mass is 10.2. The maximum absolute atomic E-state index is 12.3. The number of carbonyl (C=O) groups is 1. The van der Waals surface area contributed by atoms with E-state index in [2.05, 4.69) is 36.0 Å². The second kappa shape index (κ2) is 8.81. The molecule has 0 fully saturated rings. The van der Waals surface area contributed by atoms with Crippen LogP contribution in [0.15, 0.2) is 40.9 Å². The Bertz CT molecular complexity index is 851. The third-order valence-electron chi connectivity index (χ3n) is 3.37. The van der Waals surface area contributed by atoms with Crippen LogP contribution in [0.2, 0.25) is 0 Å². The van der Waals surface area contributed by atoms with E-state index in [0.29, 0.717) is 17.5 Å². The molecule has 0 saturated carbocycles. The predicted molar refractivity (Wildman–Crippen MR) is 99.3 cm³/mol. The van der Waals surface area contributed by atoms with Crippen molar-refractivity contribution in [3.05, 3.63) is 36.2 Å². The molecule has 9 nitrogen and oxygen atoms in total. The van der Waals surface area contributed by atoms with Gasteiger partial charge in [0.25, 0.3) is 0 Å². The zero-order valence-corrected chi connectivity index (χ0v) is 15.9. The molecule has 0 aliphatic carbocycles. The molecule has 0 spiro atoms. The van der Waals surface area contributed by atoms with E-state index in [1.54, 1.807) is 4.68 Å². The van der Waals surface area contributed by atoms with Gasteiger partial charge in [0.1, 0.15) is 6.33 Å². The van der Waals surface area contributed by atoms with Gasteiger partial charge in [-0.2, -0.15) is 9.78 Å². The molecule has 0 saturated heterocycles. The largest absolute Gasteiger partial charge is 0.354 e. The average molecular weight is 390 g/mol. The van der Waals surface area contributed by atoms with Gasteiger partial charge in [0.2, 0.25) is 11.1 Å². The molecule has 136 valence electrons. The summed E-state index contributed by atoms with van der Waals surface area (Å²) >= 11 is 2.82. The van der Waals surface area contributed by atoms with Gasteiger partial charge in [0.05, 0.1) is 10.9 Å². The first-order valence-electron chi connectivity index (χ1n) is 7.91. The summed E-state index contributed by atoms with van der Waals surface area (Å²) in [5.74, 6) is 0.645. The van der Waals surface area contributed by atoms with E-state index in [1.807, 2.05) is 38.1 Å². The second-order valence-corrected chi connectivity index (χ2v) is 7.79. The van der Waals surface area contributed by atoms with Crippen molar-refractivity contribution in [1.29, 1.82) is 0 Å². The Balaban J connectivity index is 1.52. The van der Waals surface area contributed by atoms with Crippen LogP contribution in [0.5, 0.6) is 0 Å². The van der Waals surface area contributed by atoms with Crippen molar-refractivity contribution >= 4 is 29.4 Å². The smallest absolute Gasteiger partial charge is 0.233 e. The van der Waals surface area contributed by atoms with Gasteiger partial charge in [-0.25, -0.2) is 4.98 Å². The van der Waals surface area contributed by atoms with Crippen molar-refractivity contribution in [1.82, 2.24) is 40.7 Å². The molecule has 2 aromatic heterocycles. The number of thioether (sulfide) groups is 2. The first-order chi connectivity index (χ1) is 12.6. The van der Waals surface area contributed by atoms with Crippen LogP contribution in [-0.2, 0) is 4.79 Å². The van der Waals surface area contributed by atoms with Gasteiger partial charge in [-0.05, 0) is 42.0 Å². The van der Waals surface area contributed by atoms with Crippen LogP contribution in [0, 0.1) is 6.92 Å². The number of aromatic nitrogens is 7. The summed E-state index contributed by atoms with van der Waals surface area (Å²) in [6.07, 6.45) is 1.46. The molecule has 0 bridgehead atoms. The highest BCUT2D eigenvalue weighted by Crippen LogP contribution is 2.23. The van der Waals surface area contributed by atoms with Gasteiger partial charge in [0.15, 0.2) is 5.16 Å². The minimum Gasteiger partial charge on any atom is -0.354 e. The Kier molecular flexibility index (Phi) is 6.23. The number of aromatic amines is 1. The molecule has 0 radical (unpaired) electrons. The topological polar surface area (TPSA) is 114 Å². The summed E-state index contributed by atoms with van der Waals surface area (Å²) in [6, 6.07) is 7.88. The molecular weight excluding hydrogens is 372 g/mol. The fourth-order valence-electron chi connectivity index (χ4n) is 2.12. The summed E-state index contributed by atoms with van der Waals surface area (Å²) in [7, 11) is 0. The van der Waals surface area contributed by atoms with E-state index >= 15 is 0 Å². The monoisotopic (exact) mass is 390 g/mol. The molecule has 26 heavy (non-hydrogen) atoms. The van der Waals surface area contributed by atoms with Crippen LogP contribution in [0.25, 0.3) is 5.69 Å². The lowest BCUT2D eigenvalue weighted by Crippen LogP contribution is -2.32. The van der Waals surface area contributed by atoms with Crippen LogP contribution in [-0.4, -0.2) is 58.8 Å². The van der Waals surface area contributed by atoms with Crippen LogP contribution < -0.4 is 5.32 Å². The van der Waals surface area contributed by atoms with Crippen LogP contribution in [0.1, 0.15) is 12.5 Å². The Morgan fingerprint density at radius 1 is 1.42 bits per heavy atom.